The number of nitrogens with zero attached hydrogens (tertiary/aromatic N) is 5. The molecule has 1 aromatic carbocycles. The molecule has 1 aliphatic heterocycles. The van der Waals surface area contributed by atoms with Gasteiger partial charge in [-0.05, 0) is 38.4 Å². The number of aliphatic imine (C=N–C) groups is 1. The molecule has 3 rings (SSSR count). The van der Waals surface area contributed by atoms with Gasteiger partial charge in [0.15, 0.2) is 0 Å². The van der Waals surface area contributed by atoms with Gasteiger partial charge in [-0.1, -0.05) is 42.1 Å². The van der Waals surface area contributed by atoms with Gasteiger partial charge in [-0.15, -0.1) is 0 Å². The van der Waals surface area contributed by atoms with Crippen molar-refractivity contribution in [1.82, 2.24) is 14.9 Å². The van der Waals surface area contributed by atoms with E-state index in [1.807, 2.05) is 43.3 Å². The zero-order chi connectivity index (χ0) is 21.3. The van der Waals surface area contributed by atoms with E-state index in [-0.39, 0.29) is 0 Å². The second kappa shape index (κ2) is 10.8. The highest BCUT2D eigenvalue weighted by Crippen LogP contribution is 2.34. The predicted molar refractivity (Wildman–Crippen MR) is 124 cm³/mol. The lowest BCUT2D eigenvalue weighted by molar-refractivity contribution is 0.283. The number of aromatic nitrogens is 2. The van der Waals surface area contributed by atoms with Crippen LogP contribution in [0.5, 0.6) is 5.88 Å². The number of thioether (sulfide) groups is 1. The zero-order valence-electron chi connectivity index (χ0n) is 17.5. The van der Waals surface area contributed by atoms with E-state index in [0.717, 1.165) is 36.6 Å². The van der Waals surface area contributed by atoms with Gasteiger partial charge in [-0.3, -0.25) is 4.99 Å². The number of piperazine rings is 1. The number of rotatable bonds is 8. The maximum absolute atomic E-state index is 6.11. The zero-order valence-corrected chi connectivity index (χ0v) is 18.3. The molecule has 0 spiro atoms. The Morgan fingerprint density at radius 2 is 1.97 bits per heavy atom. The Bertz CT molecular complexity index is 903. The van der Waals surface area contributed by atoms with Gasteiger partial charge in [0, 0.05) is 31.9 Å². The number of anilines is 1. The molecule has 8 heteroatoms. The summed E-state index contributed by atoms with van der Waals surface area (Å²) in [6.45, 7) is 9.65. The monoisotopic (exact) mass is 424 g/mol. The van der Waals surface area contributed by atoms with E-state index >= 15 is 0 Å². The maximum Gasteiger partial charge on any atom is 0.233 e. The lowest BCUT2D eigenvalue weighted by Gasteiger charge is -2.32. The Kier molecular flexibility index (Phi) is 7.87. The maximum atomic E-state index is 6.11. The van der Waals surface area contributed by atoms with Crippen molar-refractivity contribution in [2.45, 2.75) is 18.4 Å². The Morgan fingerprint density at radius 3 is 2.63 bits per heavy atom. The molecule has 2 aromatic rings. The number of allylic oxidation sites excluding steroid dienone is 3. The summed E-state index contributed by atoms with van der Waals surface area (Å²) in [6.07, 6.45) is 5.41. The van der Waals surface area contributed by atoms with Crippen molar-refractivity contribution >= 4 is 24.4 Å². The van der Waals surface area contributed by atoms with E-state index in [1.54, 1.807) is 12.3 Å². The Hall–Kier alpha value is -2.84. The molecule has 1 aromatic heterocycles. The minimum Gasteiger partial charge on any atom is -0.472 e. The summed E-state index contributed by atoms with van der Waals surface area (Å²) < 4.78 is 6.11. The molecule has 30 heavy (non-hydrogen) atoms. The number of hydrogen-bond acceptors (Lipinski definition) is 8. The highest BCUT2D eigenvalue weighted by molar-refractivity contribution is 8.03. The van der Waals surface area contributed by atoms with Crippen LogP contribution in [-0.2, 0) is 6.61 Å². The molecule has 0 atom stereocenters. The van der Waals surface area contributed by atoms with Gasteiger partial charge in [-0.25, -0.2) is 4.98 Å². The van der Waals surface area contributed by atoms with E-state index < -0.39 is 0 Å². The number of benzene rings is 1. The lowest BCUT2D eigenvalue weighted by Crippen LogP contribution is -2.45. The standard InChI is InChI=1S/C22H28N6OS/c1-17(23)9-10-20(24-2)30-19-15-25-22(28-13-11-27(3)12-14-28)26-21(19)29-16-18-7-5-4-6-8-18/h4-10,15H,2,11-14,16,23H2,1,3H3/b17-9+,20-10+. The highest BCUT2D eigenvalue weighted by Gasteiger charge is 2.19. The summed E-state index contributed by atoms with van der Waals surface area (Å²) in [5, 5.41) is 0.695. The Morgan fingerprint density at radius 1 is 1.23 bits per heavy atom. The summed E-state index contributed by atoms with van der Waals surface area (Å²) in [4.78, 5) is 18.7. The lowest BCUT2D eigenvalue weighted by atomic mass is 10.2. The van der Waals surface area contributed by atoms with Crippen LogP contribution in [0.4, 0.5) is 5.95 Å². The first-order valence-corrected chi connectivity index (χ1v) is 10.6. The first kappa shape index (κ1) is 21.9. The third-order valence-corrected chi connectivity index (χ3v) is 5.55. The van der Waals surface area contributed by atoms with Gasteiger partial charge in [0.2, 0.25) is 11.8 Å². The molecular weight excluding hydrogens is 396 g/mol. The number of ether oxygens (including phenoxy) is 1. The Balaban J connectivity index is 1.85. The quantitative estimate of drug-likeness (QED) is 0.396. The van der Waals surface area contributed by atoms with Crippen LogP contribution in [0.1, 0.15) is 12.5 Å². The summed E-state index contributed by atoms with van der Waals surface area (Å²) in [5.41, 5.74) is 7.50. The van der Waals surface area contributed by atoms with E-state index in [9.17, 15) is 0 Å². The predicted octanol–water partition coefficient (Wildman–Crippen LogP) is 3.30. The van der Waals surface area contributed by atoms with Crippen LogP contribution in [-0.4, -0.2) is 54.8 Å². The second-order valence-electron chi connectivity index (χ2n) is 7.08. The summed E-state index contributed by atoms with van der Waals surface area (Å²) in [5.74, 6) is 1.22. The first-order chi connectivity index (χ1) is 14.5. The van der Waals surface area contributed by atoms with Gasteiger partial charge in [-0.2, -0.15) is 4.98 Å². The molecule has 0 aliphatic carbocycles. The molecule has 158 valence electrons. The normalized spacial score (nSPS) is 15.9. The van der Waals surface area contributed by atoms with Crippen LogP contribution in [0.15, 0.2) is 69.3 Å². The van der Waals surface area contributed by atoms with E-state index in [1.165, 1.54) is 11.8 Å². The van der Waals surface area contributed by atoms with Gasteiger partial charge >= 0.3 is 0 Å². The molecule has 1 aliphatic rings. The molecule has 2 N–H and O–H groups in total. The number of likely N-dealkylation sites (N-methyl/N-ethyl adjacent to an activating group) is 1. The molecule has 0 amide bonds. The minimum absolute atomic E-state index is 0.427. The molecular formula is C22H28N6OS. The van der Waals surface area contributed by atoms with Crippen molar-refractivity contribution in [2.24, 2.45) is 10.7 Å². The topological polar surface area (TPSA) is 79.9 Å². The van der Waals surface area contributed by atoms with Crippen molar-refractivity contribution in [3.8, 4) is 5.88 Å². The van der Waals surface area contributed by atoms with Gasteiger partial charge in [0.1, 0.15) is 11.6 Å². The fourth-order valence-corrected chi connectivity index (χ4v) is 3.56. The Labute approximate surface area is 182 Å². The third kappa shape index (κ3) is 6.33. The fourth-order valence-electron chi connectivity index (χ4n) is 2.84. The van der Waals surface area contributed by atoms with Crippen LogP contribution < -0.4 is 15.4 Å². The van der Waals surface area contributed by atoms with Crippen LogP contribution in [0.3, 0.4) is 0 Å². The number of nitrogens with two attached hydrogens (primary N) is 1. The molecule has 0 unspecified atom stereocenters. The molecule has 0 saturated carbocycles. The molecule has 0 bridgehead atoms. The average Bonchev–Trinajstić information content (AvgIpc) is 2.77. The molecule has 1 saturated heterocycles. The minimum atomic E-state index is 0.427. The molecule has 2 heterocycles. The highest BCUT2D eigenvalue weighted by atomic mass is 32.2. The van der Waals surface area contributed by atoms with Gasteiger partial charge < -0.3 is 20.3 Å². The van der Waals surface area contributed by atoms with Crippen LogP contribution in [0, 0.1) is 0 Å². The molecule has 1 fully saturated rings. The molecule has 0 radical (unpaired) electrons. The van der Waals surface area contributed by atoms with Crippen molar-refractivity contribution in [3.63, 3.8) is 0 Å². The van der Waals surface area contributed by atoms with Crippen molar-refractivity contribution < 1.29 is 4.74 Å². The smallest absolute Gasteiger partial charge is 0.233 e. The van der Waals surface area contributed by atoms with Crippen LogP contribution >= 0.6 is 11.8 Å². The van der Waals surface area contributed by atoms with Crippen molar-refractivity contribution in [2.75, 3.05) is 38.1 Å². The third-order valence-electron chi connectivity index (χ3n) is 4.57. The molecule has 7 nitrogen and oxygen atoms in total. The van der Waals surface area contributed by atoms with E-state index in [4.69, 9.17) is 15.5 Å². The van der Waals surface area contributed by atoms with E-state index in [0.29, 0.717) is 29.2 Å². The van der Waals surface area contributed by atoms with Gasteiger partial charge in [0.05, 0.1) is 11.1 Å². The average molecular weight is 425 g/mol. The second-order valence-corrected chi connectivity index (χ2v) is 8.14. The number of hydrogen-bond donors (Lipinski definition) is 1. The largest absolute Gasteiger partial charge is 0.472 e. The van der Waals surface area contributed by atoms with Crippen molar-refractivity contribution in [3.05, 3.63) is 65.0 Å². The summed E-state index contributed by atoms with van der Waals surface area (Å²) >= 11 is 1.40. The van der Waals surface area contributed by atoms with Crippen molar-refractivity contribution in [1.29, 1.82) is 0 Å². The SMILES string of the molecule is C=N/C(=C\C=C(/C)N)Sc1cnc(N2CCN(C)CC2)nc1OCc1ccccc1. The summed E-state index contributed by atoms with van der Waals surface area (Å²) in [6, 6.07) is 10.0. The van der Waals surface area contributed by atoms with Crippen LogP contribution in [0.2, 0.25) is 0 Å². The summed E-state index contributed by atoms with van der Waals surface area (Å²) in [7, 11) is 2.12. The van der Waals surface area contributed by atoms with E-state index in [2.05, 4.69) is 33.5 Å². The van der Waals surface area contributed by atoms with Crippen LogP contribution in [0.25, 0.3) is 0 Å². The first-order valence-electron chi connectivity index (χ1n) is 9.81. The van der Waals surface area contributed by atoms with Gasteiger partial charge in [0.25, 0.3) is 0 Å². The fraction of sp³-hybridized carbons (Fsp3) is 0.318.